The molecule has 1 heterocycles. The molecular formula is C18H25FN4O3. The highest BCUT2D eigenvalue weighted by Gasteiger charge is 2.32. The third kappa shape index (κ3) is 3.73. The van der Waals surface area contributed by atoms with Gasteiger partial charge >= 0.3 is 0 Å². The van der Waals surface area contributed by atoms with Crippen LogP contribution in [0.3, 0.4) is 0 Å². The van der Waals surface area contributed by atoms with Crippen LogP contribution in [0.2, 0.25) is 0 Å². The first kappa shape index (κ1) is 18.4. The van der Waals surface area contributed by atoms with E-state index in [2.05, 4.69) is 17.6 Å². The van der Waals surface area contributed by atoms with Crippen molar-refractivity contribution in [1.29, 1.82) is 0 Å². The van der Waals surface area contributed by atoms with Crippen LogP contribution in [0.25, 0.3) is 0 Å². The molecule has 1 saturated carbocycles. The number of hydrogen-bond acceptors (Lipinski definition) is 5. The lowest BCUT2D eigenvalue weighted by molar-refractivity contribution is -0.383. The molecule has 2 aliphatic rings. The molecule has 8 heteroatoms. The van der Waals surface area contributed by atoms with Crippen LogP contribution in [-0.4, -0.2) is 43.2 Å². The molecule has 0 atom stereocenters. The number of carbonyl (C=O) groups is 1. The molecule has 3 rings (SSSR count). The molecule has 0 unspecified atom stereocenters. The zero-order chi connectivity index (χ0) is 18.8. The maximum Gasteiger partial charge on any atom is 0.293 e. The summed E-state index contributed by atoms with van der Waals surface area (Å²) < 4.78 is 13.3. The second kappa shape index (κ2) is 7.47. The Morgan fingerprint density at radius 1 is 1.27 bits per heavy atom. The van der Waals surface area contributed by atoms with Gasteiger partial charge in [-0.15, -0.1) is 0 Å². The van der Waals surface area contributed by atoms with Gasteiger partial charge in [-0.25, -0.2) is 4.39 Å². The standard InChI is InChI=1S/C18H25FN4O3/c1-11-3-5-13(6-4-11)21-18(24)14-7-17(23(25)26)15(20-2)8-16(14)22-9-12(19)10-22/h7-8,11-13,20H,3-6,9-10H2,1-2H3,(H,21,24). The first-order chi connectivity index (χ1) is 12.4. The highest BCUT2D eigenvalue weighted by molar-refractivity contribution is 6.02. The Bertz CT molecular complexity index is 698. The third-order valence-corrected chi connectivity index (χ3v) is 5.35. The lowest BCUT2D eigenvalue weighted by Crippen LogP contribution is -2.49. The predicted octanol–water partition coefficient (Wildman–Crippen LogP) is 3.10. The fraction of sp³-hybridized carbons (Fsp3) is 0.611. The molecule has 1 aliphatic heterocycles. The van der Waals surface area contributed by atoms with Gasteiger partial charge in [-0.1, -0.05) is 6.92 Å². The number of nitrogens with zero attached hydrogens (tertiary/aromatic N) is 2. The number of nitro benzene ring substituents is 1. The second-order valence-electron chi connectivity index (χ2n) is 7.33. The van der Waals surface area contributed by atoms with Gasteiger partial charge in [0.25, 0.3) is 11.6 Å². The van der Waals surface area contributed by atoms with Crippen molar-refractivity contribution in [3.63, 3.8) is 0 Å². The molecule has 0 spiro atoms. The van der Waals surface area contributed by atoms with E-state index in [4.69, 9.17) is 0 Å². The largest absolute Gasteiger partial charge is 0.383 e. The molecule has 0 radical (unpaired) electrons. The molecule has 1 amide bonds. The molecule has 1 saturated heterocycles. The number of rotatable bonds is 5. The van der Waals surface area contributed by atoms with Crippen molar-refractivity contribution in [2.45, 2.75) is 44.8 Å². The van der Waals surface area contributed by atoms with Gasteiger partial charge in [0.2, 0.25) is 0 Å². The van der Waals surface area contributed by atoms with E-state index in [0.717, 1.165) is 25.7 Å². The van der Waals surface area contributed by atoms with E-state index >= 15 is 0 Å². The quantitative estimate of drug-likeness (QED) is 0.619. The molecule has 26 heavy (non-hydrogen) atoms. The molecule has 0 bridgehead atoms. The van der Waals surface area contributed by atoms with Crippen molar-refractivity contribution in [3.05, 3.63) is 27.8 Å². The number of alkyl halides is 1. The molecule has 0 aromatic heterocycles. The van der Waals surface area contributed by atoms with Crippen LogP contribution < -0.4 is 15.5 Å². The first-order valence-electron chi connectivity index (χ1n) is 9.09. The summed E-state index contributed by atoms with van der Waals surface area (Å²) in [5.41, 5.74) is 0.933. The van der Waals surface area contributed by atoms with E-state index in [0.29, 0.717) is 17.3 Å². The number of benzene rings is 1. The minimum Gasteiger partial charge on any atom is -0.383 e. The smallest absolute Gasteiger partial charge is 0.293 e. The molecule has 1 aromatic rings. The highest BCUT2D eigenvalue weighted by Crippen LogP contribution is 2.36. The SMILES string of the molecule is CNc1cc(N2CC(F)C2)c(C(=O)NC2CCC(C)CC2)cc1[N+](=O)[O-]. The summed E-state index contributed by atoms with van der Waals surface area (Å²) in [6, 6.07) is 2.95. The molecule has 7 nitrogen and oxygen atoms in total. The average Bonchev–Trinajstić information content (AvgIpc) is 2.59. The molecule has 2 N–H and O–H groups in total. The maximum absolute atomic E-state index is 13.3. The Balaban J connectivity index is 1.88. The maximum atomic E-state index is 13.3. The van der Waals surface area contributed by atoms with E-state index in [1.165, 1.54) is 6.07 Å². The fourth-order valence-corrected chi connectivity index (χ4v) is 3.66. The lowest BCUT2D eigenvalue weighted by atomic mass is 9.87. The summed E-state index contributed by atoms with van der Waals surface area (Å²) >= 11 is 0. The Labute approximate surface area is 152 Å². The summed E-state index contributed by atoms with van der Waals surface area (Å²) in [6.45, 7) is 2.59. The Morgan fingerprint density at radius 2 is 1.92 bits per heavy atom. The number of nitrogens with one attached hydrogen (secondary N) is 2. The van der Waals surface area contributed by atoms with Crippen molar-refractivity contribution < 1.29 is 14.1 Å². The number of halogens is 1. The minimum absolute atomic E-state index is 0.0832. The Hall–Kier alpha value is -2.38. The van der Waals surface area contributed by atoms with Crippen LogP contribution in [0.4, 0.5) is 21.5 Å². The molecule has 142 valence electrons. The van der Waals surface area contributed by atoms with Crippen LogP contribution >= 0.6 is 0 Å². The average molecular weight is 364 g/mol. The monoisotopic (exact) mass is 364 g/mol. The van der Waals surface area contributed by atoms with Gasteiger partial charge in [-0.2, -0.15) is 0 Å². The van der Waals surface area contributed by atoms with Gasteiger partial charge in [0.05, 0.1) is 29.3 Å². The number of carbonyl (C=O) groups excluding carboxylic acids is 1. The Kier molecular flexibility index (Phi) is 5.29. The van der Waals surface area contributed by atoms with Gasteiger partial charge in [0.1, 0.15) is 11.9 Å². The van der Waals surface area contributed by atoms with Crippen molar-refractivity contribution in [2.75, 3.05) is 30.4 Å². The van der Waals surface area contributed by atoms with Crippen LogP contribution in [0.5, 0.6) is 0 Å². The molecule has 1 aliphatic carbocycles. The third-order valence-electron chi connectivity index (χ3n) is 5.35. The van der Waals surface area contributed by atoms with Crippen molar-refractivity contribution in [3.8, 4) is 0 Å². The van der Waals surface area contributed by atoms with Crippen molar-refractivity contribution in [1.82, 2.24) is 5.32 Å². The minimum atomic E-state index is -0.932. The molecule has 1 aromatic carbocycles. The topological polar surface area (TPSA) is 87.5 Å². The normalized spacial score (nSPS) is 23.3. The first-order valence-corrected chi connectivity index (χ1v) is 9.09. The predicted molar refractivity (Wildman–Crippen MR) is 98.6 cm³/mol. The van der Waals surface area contributed by atoms with Crippen molar-refractivity contribution >= 4 is 23.0 Å². The van der Waals surface area contributed by atoms with Crippen LogP contribution in [0, 0.1) is 16.0 Å². The van der Waals surface area contributed by atoms with Gasteiger partial charge in [0.15, 0.2) is 0 Å². The van der Waals surface area contributed by atoms with Gasteiger partial charge in [-0.05, 0) is 37.7 Å². The zero-order valence-electron chi connectivity index (χ0n) is 15.1. The van der Waals surface area contributed by atoms with E-state index in [-0.39, 0.29) is 36.3 Å². The van der Waals surface area contributed by atoms with Crippen molar-refractivity contribution in [2.24, 2.45) is 5.92 Å². The number of nitro groups is 1. The summed E-state index contributed by atoms with van der Waals surface area (Å²) in [6.07, 6.45) is 3.02. The number of anilines is 2. The lowest BCUT2D eigenvalue weighted by Gasteiger charge is -2.37. The molecule has 2 fully saturated rings. The summed E-state index contributed by atoms with van der Waals surface area (Å²) in [5, 5.41) is 17.2. The Morgan fingerprint density at radius 3 is 2.46 bits per heavy atom. The number of hydrogen-bond donors (Lipinski definition) is 2. The van der Waals surface area contributed by atoms with E-state index < -0.39 is 11.1 Å². The van der Waals surface area contributed by atoms with Gasteiger partial charge in [-0.3, -0.25) is 14.9 Å². The fourth-order valence-electron chi connectivity index (χ4n) is 3.66. The zero-order valence-corrected chi connectivity index (χ0v) is 15.1. The number of amides is 1. The molecular weight excluding hydrogens is 339 g/mol. The van der Waals surface area contributed by atoms with Crippen LogP contribution in [-0.2, 0) is 0 Å². The summed E-state index contributed by atoms with van der Waals surface area (Å²) in [7, 11) is 1.59. The second-order valence-corrected chi connectivity index (χ2v) is 7.33. The van der Waals surface area contributed by atoms with Crippen LogP contribution in [0.1, 0.15) is 43.0 Å². The van der Waals surface area contributed by atoms with E-state index in [9.17, 15) is 19.3 Å². The summed E-state index contributed by atoms with van der Waals surface area (Å²) in [4.78, 5) is 25.4. The van der Waals surface area contributed by atoms with Gasteiger partial charge < -0.3 is 15.5 Å². The van der Waals surface area contributed by atoms with E-state index in [1.807, 2.05) is 0 Å². The van der Waals surface area contributed by atoms with Crippen LogP contribution in [0.15, 0.2) is 12.1 Å². The highest BCUT2D eigenvalue weighted by atomic mass is 19.1. The van der Waals surface area contributed by atoms with E-state index in [1.54, 1.807) is 18.0 Å². The van der Waals surface area contributed by atoms with Gasteiger partial charge in [0, 0.05) is 19.2 Å². The summed E-state index contributed by atoms with van der Waals surface area (Å²) in [5.74, 6) is 0.338.